The van der Waals surface area contributed by atoms with Crippen molar-refractivity contribution in [1.82, 2.24) is 9.97 Å². The first-order valence-electron chi connectivity index (χ1n) is 8.37. The molecule has 1 aromatic heterocycles. The van der Waals surface area contributed by atoms with Crippen LogP contribution in [0.5, 0.6) is 0 Å². The second kappa shape index (κ2) is 4.95. The predicted octanol–water partition coefficient (Wildman–Crippen LogP) is 3.25. The zero-order valence-corrected chi connectivity index (χ0v) is 14.2. The smallest absolute Gasteiger partial charge is 0.399 e. The molecule has 0 bridgehead atoms. The maximum atomic E-state index is 6.15. The number of hydrogen-bond donors (Lipinski definition) is 1. The average Bonchev–Trinajstić information content (AvgIpc) is 3.18. The van der Waals surface area contributed by atoms with Crippen LogP contribution in [-0.4, -0.2) is 28.3 Å². The van der Waals surface area contributed by atoms with Crippen molar-refractivity contribution in [2.75, 3.05) is 0 Å². The second-order valence-corrected chi connectivity index (χ2v) is 7.67. The number of aromatic nitrogens is 2. The molecule has 0 unspecified atom stereocenters. The first kappa shape index (κ1) is 15.0. The molecule has 1 aliphatic heterocycles. The summed E-state index contributed by atoms with van der Waals surface area (Å²) in [5.74, 6) is 1.75. The van der Waals surface area contributed by atoms with Crippen LogP contribution in [0.2, 0.25) is 0 Å². The molecule has 0 amide bonds. The molecule has 120 valence electrons. The molecule has 4 rings (SSSR count). The zero-order valence-electron chi connectivity index (χ0n) is 14.2. The molecule has 1 N–H and O–H groups in total. The molecule has 5 heteroatoms. The Kier molecular flexibility index (Phi) is 3.22. The molecular formula is C18H23BN2O2. The highest BCUT2D eigenvalue weighted by Crippen LogP contribution is 2.39. The molecule has 1 saturated heterocycles. The number of hydrogen-bond acceptors (Lipinski definition) is 3. The van der Waals surface area contributed by atoms with Gasteiger partial charge in [0, 0.05) is 5.92 Å². The number of imidazole rings is 1. The number of benzene rings is 1. The summed E-state index contributed by atoms with van der Waals surface area (Å²) in [4.78, 5) is 7.96. The molecule has 1 saturated carbocycles. The lowest BCUT2D eigenvalue weighted by Crippen LogP contribution is -2.41. The summed E-state index contributed by atoms with van der Waals surface area (Å²) in [7, 11) is -0.328. The molecular weight excluding hydrogens is 287 g/mol. The minimum Gasteiger partial charge on any atom is -0.399 e. The third kappa shape index (κ3) is 2.62. The normalized spacial score (nSPS) is 22.5. The van der Waals surface area contributed by atoms with E-state index in [2.05, 4.69) is 55.9 Å². The van der Waals surface area contributed by atoms with Crippen LogP contribution in [0.25, 0.3) is 11.3 Å². The van der Waals surface area contributed by atoms with Crippen molar-refractivity contribution in [3.63, 3.8) is 0 Å². The minimum atomic E-state index is -0.328. The molecule has 2 aliphatic rings. The molecule has 2 fully saturated rings. The lowest BCUT2D eigenvalue weighted by molar-refractivity contribution is 0.00578. The molecule has 0 spiro atoms. The van der Waals surface area contributed by atoms with Crippen molar-refractivity contribution in [3.8, 4) is 11.3 Å². The molecule has 23 heavy (non-hydrogen) atoms. The molecule has 1 aliphatic carbocycles. The fourth-order valence-electron chi connectivity index (χ4n) is 2.88. The van der Waals surface area contributed by atoms with E-state index in [1.165, 1.54) is 12.8 Å². The Morgan fingerprint density at radius 1 is 1.13 bits per heavy atom. The maximum Gasteiger partial charge on any atom is 0.494 e. The van der Waals surface area contributed by atoms with Crippen LogP contribution in [0.4, 0.5) is 0 Å². The summed E-state index contributed by atoms with van der Waals surface area (Å²) in [6.45, 7) is 8.31. The van der Waals surface area contributed by atoms with Gasteiger partial charge in [-0.05, 0) is 51.6 Å². The zero-order chi connectivity index (χ0) is 16.2. The predicted molar refractivity (Wildman–Crippen MR) is 91.7 cm³/mol. The van der Waals surface area contributed by atoms with E-state index in [1.54, 1.807) is 0 Å². The summed E-state index contributed by atoms with van der Waals surface area (Å²) >= 11 is 0. The molecule has 2 aromatic rings. The molecule has 4 nitrogen and oxygen atoms in total. The monoisotopic (exact) mass is 310 g/mol. The van der Waals surface area contributed by atoms with Gasteiger partial charge in [0.1, 0.15) is 5.82 Å². The van der Waals surface area contributed by atoms with E-state index in [0.717, 1.165) is 22.5 Å². The molecule has 0 atom stereocenters. The van der Waals surface area contributed by atoms with Gasteiger partial charge in [-0.2, -0.15) is 0 Å². The van der Waals surface area contributed by atoms with Gasteiger partial charge in [-0.3, -0.25) is 0 Å². The lowest BCUT2D eigenvalue weighted by atomic mass is 9.78. The Morgan fingerprint density at radius 2 is 1.83 bits per heavy atom. The van der Waals surface area contributed by atoms with Crippen molar-refractivity contribution in [2.24, 2.45) is 0 Å². The fourth-order valence-corrected chi connectivity index (χ4v) is 2.88. The van der Waals surface area contributed by atoms with E-state index >= 15 is 0 Å². The van der Waals surface area contributed by atoms with Crippen LogP contribution in [0.3, 0.4) is 0 Å². The fraction of sp³-hybridized carbons (Fsp3) is 0.500. The van der Waals surface area contributed by atoms with Gasteiger partial charge in [0.2, 0.25) is 0 Å². The summed E-state index contributed by atoms with van der Waals surface area (Å²) in [6.07, 6.45) is 4.43. The van der Waals surface area contributed by atoms with Crippen LogP contribution < -0.4 is 5.46 Å². The number of nitrogens with one attached hydrogen (secondary N) is 1. The van der Waals surface area contributed by atoms with Gasteiger partial charge < -0.3 is 14.3 Å². The van der Waals surface area contributed by atoms with Crippen molar-refractivity contribution in [1.29, 1.82) is 0 Å². The lowest BCUT2D eigenvalue weighted by Gasteiger charge is -2.32. The molecule has 0 radical (unpaired) electrons. The highest BCUT2D eigenvalue weighted by molar-refractivity contribution is 6.62. The SMILES string of the molecule is CC1(C)OB(c2cccc(-c3cnc(C4CC4)[nH]3)c2)OC1(C)C. The summed E-state index contributed by atoms with van der Waals surface area (Å²) < 4.78 is 12.3. The number of aromatic amines is 1. The van der Waals surface area contributed by atoms with Gasteiger partial charge in [0.25, 0.3) is 0 Å². The van der Waals surface area contributed by atoms with Gasteiger partial charge in [-0.15, -0.1) is 0 Å². The Balaban J connectivity index is 1.61. The standard InChI is InChI=1S/C18H23BN2O2/c1-17(2)18(3,4)23-19(22-17)14-7-5-6-13(10-14)15-11-20-16(21-15)12-8-9-12/h5-7,10-12H,8-9H2,1-4H3,(H,20,21). The van der Waals surface area contributed by atoms with Gasteiger partial charge in [-0.1, -0.05) is 24.3 Å². The second-order valence-electron chi connectivity index (χ2n) is 7.67. The Labute approximate surface area is 137 Å². The average molecular weight is 310 g/mol. The van der Waals surface area contributed by atoms with E-state index in [-0.39, 0.29) is 18.3 Å². The Morgan fingerprint density at radius 3 is 2.48 bits per heavy atom. The molecule has 1 aromatic carbocycles. The van der Waals surface area contributed by atoms with Crippen molar-refractivity contribution in [3.05, 3.63) is 36.3 Å². The van der Waals surface area contributed by atoms with Gasteiger partial charge in [-0.25, -0.2) is 4.98 Å². The summed E-state index contributed by atoms with van der Waals surface area (Å²) in [6, 6.07) is 8.34. The van der Waals surface area contributed by atoms with Crippen LogP contribution in [-0.2, 0) is 9.31 Å². The summed E-state index contributed by atoms with van der Waals surface area (Å²) in [5.41, 5.74) is 2.59. The van der Waals surface area contributed by atoms with E-state index in [9.17, 15) is 0 Å². The van der Waals surface area contributed by atoms with E-state index < -0.39 is 0 Å². The van der Waals surface area contributed by atoms with Crippen LogP contribution in [0, 0.1) is 0 Å². The van der Waals surface area contributed by atoms with Gasteiger partial charge in [0.15, 0.2) is 0 Å². The first-order chi connectivity index (χ1) is 10.9. The number of nitrogens with zero attached hydrogens (tertiary/aromatic N) is 1. The molecule has 2 heterocycles. The van der Waals surface area contributed by atoms with Crippen LogP contribution in [0.1, 0.15) is 52.3 Å². The third-order valence-electron chi connectivity index (χ3n) is 5.28. The van der Waals surface area contributed by atoms with Gasteiger partial charge >= 0.3 is 7.12 Å². The Hall–Kier alpha value is -1.59. The number of rotatable bonds is 3. The minimum absolute atomic E-state index is 0.319. The van der Waals surface area contributed by atoms with Crippen molar-refractivity contribution >= 4 is 12.6 Å². The van der Waals surface area contributed by atoms with Gasteiger partial charge in [0.05, 0.1) is 23.1 Å². The van der Waals surface area contributed by atoms with Crippen molar-refractivity contribution in [2.45, 2.75) is 57.7 Å². The topological polar surface area (TPSA) is 47.1 Å². The maximum absolute atomic E-state index is 6.15. The first-order valence-corrected chi connectivity index (χ1v) is 8.37. The highest BCUT2D eigenvalue weighted by Gasteiger charge is 2.51. The Bertz CT molecular complexity index is 718. The largest absolute Gasteiger partial charge is 0.494 e. The van der Waals surface area contributed by atoms with E-state index in [1.807, 2.05) is 12.3 Å². The van der Waals surface area contributed by atoms with E-state index in [0.29, 0.717) is 5.92 Å². The summed E-state index contributed by atoms with van der Waals surface area (Å²) in [5, 5.41) is 0. The van der Waals surface area contributed by atoms with E-state index in [4.69, 9.17) is 9.31 Å². The number of H-pyrrole nitrogens is 1. The third-order valence-corrected chi connectivity index (χ3v) is 5.28. The van der Waals surface area contributed by atoms with Crippen LogP contribution in [0.15, 0.2) is 30.5 Å². The highest BCUT2D eigenvalue weighted by atomic mass is 16.7. The van der Waals surface area contributed by atoms with Crippen LogP contribution >= 0.6 is 0 Å². The quantitative estimate of drug-likeness (QED) is 0.885. The van der Waals surface area contributed by atoms with Crippen molar-refractivity contribution < 1.29 is 9.31 Å².